The molecule has 2 rings (SSSR count). The quantitative estimate of drug-likeness (QED) is 0.693. The number of thioether (sulfide) groups is 1. The molecule has 0 aromatic heterocycles. The maximum Gasteiger partial charge on any atom is 0.233 e. The zero-order valence-electron chi connectivity index (χ0n) is 13.8. The molecule has 0 spiro atoms. The minimum absolute atomic E-state index is 0.0140. The zero-order chi connectivity index (χ0) is 17.6. The molecule has 1 aromatic carbocycles. The molecule has 1 heterocycles. The van der Waals surface area contributed by atoms with Crippen LogP contribution in [0.2, 0.25) is 0 Å². The highest BCUT2D eigenvalue weighted by Gasteiger charge is 2.34. The van der Waals surface area contributed by atoms with Crippen LogP contribution in [0.5, 0.6) is 0 Å². The van der Waals surface area contributed by atoms with E-state index in [0.29, 0.717) is 18.5 Å². The minimum Gasteiger partial charge on any atom is -0.338 e. The Kier molecular flexibility index (Phi) is 6.69. The highest BCUT2D eigenvalue weighted by molar-refractivity contribution is 8.00. The van der Waals surface area contributed by atoms with Crippen molar-refractivity contribution in [1.29, 1.82) is 5.26 Å². The predicted octanol–water partition coefficient (Wildman–Crippen LogP) is 2.47. The van der Waals surface area contributed by atoms with Gasteiger partial charge in [0.05, 0.1) is 28.9 Å². The van der Waals surface area contributed by atoms with Gasteiger partial charge in [0, 0.05) is 17.5 Å². The molecule has 5 nitrogen and oxygen atoms in total. The number of amides is 1. The van der Waals surface area contributed by atoms with Gasteiger partial charge in [0.15, 0.2) is 9.84 Å². The van der Waals surface area contributed by atoms with Gasteiger partial charge in [-0.3, -0.25) is 4.79 Å². The van der Waals surface area contributed by atoms with E-state index in [1.165, 1.54) is 11.8 Å². The van der Waals surface area contributed by atoms with Gasteiger partial charge in [-0.1, -0.05) is 13.3 Å². The zero-order valence-corrected chi connectivity index (χ0v) is 15.4. The van der Waals surface area contributed by atoms with Gasteiger partial charge < -0.3 is 4.90 Å². The number of hydrogen-bond donors (Lipinski definition) is 0. The normalized spacial score (nSPS) is 18.9. The van der Waals surface area contributed by atoms with Crippen molar-refractivity contribution in [2.45, 2.75) is 37.1 Å². The van der Waals surface area contributed by atoms with Crippen LogP contribution in [0, 0.1) is 11.3 Å². The van der Waals surface area contributed by atoms with Gasteiger partial charge in [-0.05, 0) is 37.1 Å². The van der Waals surface area contributed by atoms with Gasteiger partial charge in [-0.2, -0.15) is 5.26 Å². The van der Waals surface area contributed by atoms with Crippen LogP contribution in [0.15, 0.2) is 29.2 Å². The van der Waals surface area contributed by atoms with Gasteiger partial charge in [0.2, 0.25) is 5.91 Å². The van der Waals surface area contributed by atoms with Crippen molar-refractivity contribution in [3.05, 3.63) is 29.8 Å². The topological polar surface area (TPSA) is 78.2 Å². The van der Waals surface area contributed by atoms with Crippen molar-refractivity contribution in [2.75, 3.05) is 23.8 Å². The van der Waals surface area contributed by atoms with Gasteiger partial charge in [0.1, 0.15) is 0 Å². The molecule has 24 heavy (non-hydrogen) atoms. The molecule has 1 aliphatic heterocycles. The standard InChI is InChI=1S/C17H22N2O3S2/c1-2-3-9-19(15-8-10-24(21,22)13-15)17(20)12-23-16-6-4-14(11-18)5-7-16/h4-7,15H,2-3,8-10,12-13H2,1H3. The molecule has 7 heteroatoms. The number of sulfone groups is 1. The molecular formula is C17H22N2O3S2. The van der Waals surface area contributed by atoms with Crippen LogP contribution in [-0.4, -0.2) is 49.1 Å². The first-order valence-corrected chi connectivity index (χ1v) is 10.9. The number of rotatable bonds is 7. The predicted molar refractivity (Wildman–Crippen MR) is 95.6 cm³/mol. The summed E-state index contributed by atoms with van der Waals surface area (Å²) in [6, 6.07) is 8.99. The van der Waals surface area contributed by atoms with Crippen LogP contribution in [0.3, 0.4) is 0 Å². The van der Waals surface area contributed by atoms with E-state index in [9.17, 15) is 13.2 Å². The molecule has 1 atom stereocenters. The lowest BCUT2D eigenvalue weighted by Gasteiger charge is -2.28. The molecule has 1 amide bonds. The van der Waals surface area contributed by atoms with E-state index in [4.69, 9.17) is 5.26 Å². The van der Waals surface area contributed by atoms with Gasteiger partial charge in [-0.25, -0.2) is 8.42 Å². The minimum atomic E-state index is -3.01. The molecule has 0 aliphatic carbocycles. The molecule has 1 aliphatic rings. The second-order valence-electron chi connectivity index (χ2n) is 5.92. The first-order valence-electron chi connectivity index (χ1n) is 8.08. The van der Waals surface area contributed by atoms with Crippen LogP contribution in [0.25, 0.3) is 0 Å². The monoisotopic (exact) mass is 366 g/mol. The number of benzene rings is 1. The summed E-state index contributed by atoms with van der Waals surface area (Å²) in [5, 5.41) is 8.80. The number of nitriles is 1. The number of nitrogens with zero attached hydrogens (tertiary/aromatic N) is 2. The molecule has 130 valence electrons. The van der Waals surface area contributed by atoms with E-state index >= 15 is 0 Å². The largest absolute Gasteiger partial charge is 0.338 e. The lowest BCUT2D eigenvalue weighted by atomic mass is 10.2. The lowest BCUT2D eigenvalue weighted by molar-refractivity contribution is -0.130. The van der Waals surface area contributed by atoms with E-state index in [1.807, 2.05) is 12.1 Å². The third kappa shape index (κ3) is 5.25. The second kappa shape index (κ2) is 8.54. The van der Waals surface area contributed by atoms with Crippen molar-refractivity contribution in [1.82, 2.24) is 4.90 Å². The van der Waals surface area contributed by atoms with Gasteiger partial charge in [0.25, 0.3) is 0 Å². The fourth-order valence-corrected chi connectivity index (χ4v) is 5.23. The van der Waals surface area contributed by atoms with Crippen LogP contribution < -0.4 is 0 Å². The first-order chi connectivity index (χ1) is 11.4. The summed E-state index contributed by atoms with van der Waals surface area (Å²) in [6.07, 6.45) is 2.38. The van der Waals surface area contributed by atoms with E-state index in [-0.39, 0.29) is 29.2 Å². The van der Waals surface area contributed by atoms with Crippen LogP contribution in [0.4, 0.5) is 0 Å². The Hall–Kier alpha value is -1.52. The van der Waals surface area contributed by atoms with E-state index < -0.39 is 9.84 Å². The summed E-state index contributed by atoms with van der Waals surface area (Å²) in [5.41, 5.74) is 0.589. The summed E-state index contributed by atoms with van der Waals surface area (Å²) in [5.74, 6) is 0.534. The lowest BCUT2D eigenvalue weighted by Crippen LogP contribution is -2.42. The average Bonchev–Trinajstić information content (AvgIpc) is 2.93. The maximum absolute atomic E-state index is 12.6. The van der Waals surface area contributed by atoms with E-state index in [2.05, 4.69) is 13.0 Å². The summed E-state index contributed by atoms with van der Waals surface area (Å²) >= 11 is 1.42. The molecule has 0 N–H and O–H groups in total. The first kappa shape index (κ1) is 18.8. The van der Waals surface area contributed by atoms with Crippen molar-refractivity contribution in [3.8, 4) is 6.07 Å². The smallest absolute Gasteiger partial charge is 0.233 e. The summed E-state index contributed by atoms with van der Waals surface area (Å²) in [7, 11) is -3.01. The van der Waals surface area contributed by atoms with E-state index in [0.717, 1.165) is 17.7 Å². The number of hydrogen-bond acceptors (Lipinski definition) is 5. The molecule has 1 aromatic rings. The van der Waals surface area contributed by atoms with Crippen molar-refractivity contribution < 1.29 is 13.2 Å². The maximum atomic E-state index is 12.6. The Morgan fingerprint density at radius 2 is 2.08 bits per heavy atom. The van der Waals surface area contributed by atoms with Crippen molar-refractivity contribution >= 4 is 27.5 Å². The number of unbranched alkanes of at least 4 members (excludes halogenated alkanes) is 1. The van der Waals surface area contributed by atoms with Crippen molar-refractivity contribution in [2.24, 2.45) is 0 Å². The SMILES string of the molecule is CCCCN(C(=O)CSc1ccc(C#N)cc1)C1CCS(=O)(=O)C1. The molecule has 1 saturated heterocycles. The molecule has 1 unspecified atom stereocenters. The third-order valence-corrected chi connectivity index (χ3v) is 6.81. The van der Waals surface area contributed by atoms with Crippen molar-refractivity contribution in [3.63, 3.8) is 0 Å². The fraction of sp³-hybridized carbons (Fsp3) is 0.529. The summed E-state index contributed by atoms with van der Waals surface area (Å²) in [4.78, 5) is 15.3. The molecule has 0 bridgehead atoms. The Bertz CT molecular complexity index is 708. The van der Waals surface area contributed by atoms with Gasteiger partial charge in [-0.15, -0.1) is 11.8 Å². The summed E-state index contributed by atoms with van der Waals surface area (Å²) in [6.45, 7) is 2.67. The molecule has 1 fully saturated rings. The highest BCUT2D eigenvalue weighted by Crippen LogP contribution is 2.22. The van der Waals surface area contributed by atoms with Crippen LogP contribution >= 0.6 is 11.8 Å². The molecule has 0 saturated carbocycles. The Balaban J connectivity index is 1.97. The number of carbonyl (C=O) groups is 1. The Morgan fingerprint density at radius 1 is 1.38 bits per heavy atom. The second-order valence-corrected chi connectivity index (χ2v) is 9.20. The third-order valence-electron chi connectivity index (χ3n) is 4.07. The highest BCUT2D eigenvalue weighted by atomic mass is 32.2. The molecule has 0 radical (unpaired) electrons. The molecular weight excluding hydrogens is 344 g/mol. The average molecular weight is 367 g/mol. The van der Waals surface area contributed by atoms with Crippen LogP contribution in [0.1, 0.15) is 31.7 Å². The van der Waals surface area contributed by atoms with Crippen LogP contribution in [-0.2, 0) is 14.6 Å². The van der Waals surface area contributed by atoms with E-state index in [1.54, 1.807) is 17.0 Å². The fourth-order valence-electron chi connectivity index (χ4n) is 2.71. The number of carbonyl (C=O) groups excluding carboxylic acids is 1. The Morgan fingerprint density at radius 3 is 2.62 bits per heavy atom. The Labute approximate surface area is 148 Å². The summed E-state index contributed by atoms with van der Waals surface area (Å²) < 4.78 is 23.4. The van der Waals surface area contributed by atoms with Gasteiger partial charge >= 0.3 is 0 Å².